The van der Waals surface area contributed by atoms with Crippen LogP contribution < -0.4 is 27.0 Å². The molecule has 154 valence electrons. The highest BCUT2D eigenvalue weighted by Gasteiger charge is 2.01. The number of hydrogen-bond acceptors (Lipinski definition) is 6. The topological polar surface area (TPSA) is 117 Å². The Morgan fingerprint density at radius 2 is 1.33 bits per heavy atom. The molecule has 0 atom stereocenters. The van der Waals surface area contributed by atoms with Crippen LogP contribution in [0.15, 0.2) is 60.7 Å². The van der Waals surface area contributed by atoms with E-state index in [1.807, 2.05) is 74.8 Å². The SMILES string of the molecule is CNC(=O)Nc1ccc2nc(NC)ccc2c1.CNc1ccc2cc(N)ccc2n1. The Bertz CT molecular complexity index is 1180. The minimum absolute atomic E-state index is 0.232. The molecule has 2 aromatic carbocycles. The van der Waals surface area contributed by atoms with Crippen molar-refractivity contribution in [3.8, 4) is 0 Å². The molecule has 8 heteroatoms. The minimum Gasteiger partial charge on any atom is -0.399 e. The lowest BCUT2D eigenvalue weighted by Crippen LogP contribution is -2.24. The van der Waals surface area contributed by atoms with Crippen molar-refractivity contribution in [3.05, 3.63) is 60.7 Å². The third-order valence-corrected chi connectivity index (χ3v) is 4.40. The first-order chi connectivity index (χ1) is 14.5. The van der Waals surface area contributed by atoms with E-state index in [0.29, 0.717) is 0 Å². The van der Waals surface area contributed by atoms with E-state index in [-0.39, 0.29) is 6.03 Å². The number of pyridine rings is 2. The molecule has 0 radical (unpaired) electrons. The summed E-state index contributed by atoms with van der Waals surface area (Å²) in [6.07, 6.45) is 0. The Morgan fingerprint density at radius 1 is 0.767 bits per heavy atom. The molecule has 0 bridgehead atoms. The normalized spacial score (nSPS) is 10.1. The summed E-state index contributed by atoms with van der Waals surface area (Å²) in [7, 11) is 5.26. The molecule has 4 aromatic rings. The number of carbonyl (C=O) groups is 1. The maximum atomic E-state index is 11.2. The number of rotatable bonds is 3. The predicted octanol–water partition coefficient (Wildman–Crippen LogP) is 3.89. The van der Waals surface area contributed by atoms with Gasteiger partial charge in [-0.2, -0.15) is 0 Å². The number of urea groups is 1. The quantitative estimate of drug-likeness (QED) is 0.331. The van der Waals surface area contributed by atoms with Gasteiger partial charge in [-0.15, -0.1) is 0 Å². The summed E-state index contributed by atoms with van der Waals surface area (Å²) in [5, 5.41) is 13.3. The second-order valence-corrected chi connectivity index (χ2v) is 6.46. The van der Waals surface area contributed by atoms with Gasteiger partial charge in [-0.05, 0) is 60.7 Å². The van der Waals surface area contributed by atoms with Crippen LogP contribution >= 0.6 is 0 Å². The first-order valence-corrected chi connectivity index (χ1v) is 9.43. The fourth-order valence-corrected chi connectivity index (χ4v) is 2.82. The number of carbonyl (C=O) groups excluding carboxylic acids is 1. The lowest BCUT2D eigenvalue weighted by Gasteiger charge is -2.06. The highest BCUT2D eigenvalue weighted by Crippen LogP contribution is 2.19. The van der Waals surface area contributed by atoms with Crippen molar-refractivity contribution in [2.24, 2.45) is 0 Å². The zero-order valence-electron chi connectivity index (χ0n) is 17.2. The third-order valence-electron chi connectivity index (χ3n) is 4.40. The molecule has 0 aliphatic heterocycles. The molecular formula is C22H25N7O. The second-order valence-electron chi connectivity index (χ2n) is 6.46. The molecule has 0 saturated carbocycles. The van der Waals surface area contributed by atoms with Gasteiger partial charge in [0, 0.05) is 43.3 Å². The third kappa shape index (κ3) is 5.05. The van der Waals surface area contributed by atoms with Crippen molar-refractivity contribution in [1.82, 2.24) is 15.3 Å². The van der Waals surface area contributed by atoms with E-state index >= 15 is 0 Å². The van der Waals surface area contributed by atoms with Gasteiger partial charge in [-0.1, -0.05) is 0 Å². The molecule has 0 saturated heterocycles. The summed E-state index contributed by atoms with van der Waals surface area (Å²) in [5.74, 6) is 1.70. The van der Waals surface area contributed by atoms with E-state index in [9.17, 15) is 4.79 Å². The van der Waals surface area contributed by atoms with Crippen molar-refractivity contribution in [1.29, 1.82) is 0 Å². The zero-order valence-corrected chi connectivity index (χ0v) is 17.2. The van der Waals surface area contributed by atoms with Gasteiger partial charge >= 0.3 is 6.03 Å². The van der Waals surface area contributed by atoms with Crippen LogP contribution in [0.5, 0.6) is 0 Å². The van der Waals surface area contributed by atoms with Gasteiger partial charge < -0.3 is 27.0 Å². The van der Waals surface area contributed by atoms with Gasteiger partial charge in [-0.3, -0.25) is 0 Å². The molecule has 0 spiro atoms. The van der Waals surface area contributed by atoms with E-state index in [0.717, 1.165) is 44.8 Å². The average molecular weight is 403 g/mol. The lowest BCUT2D eigenvalue weighted by atomic mass is 10.2. The monoisotopic (exact) mass is 403 g/mol. The summed E-state index contributed by atoms with van der Waals surface area (Å²) < 4.78 is 0. The maximum Gasteiger partial charge on any atom is 0.318 e. The summed E-state index contributed by atoms with van der Waals surface area (Å²) in [6, 6.07) is 18.8. The standard InChI is InChI=1S/C12H14N4O.C10H11N3/c1-13-11-6-3-8-7-9(15-12(17)14-2)4-5-10(8)16-11;1-12-10-5-2-7-6-8(11)3-4-9(7)13-10/h3-7H,1-2H3,(H,13,16)(H2,14,15,17);2-6H,11H2,1H3,(H,12,13). The number of nitrogens with zero attached hydrogens (tertiary/aromatic N) is 2. The van der Waals surface area contributed by atoms with E-state index in [2.05, 4.69) is 31.2 Å². The van der Waals surface area contributed by atoms with Crippen molar-refractivity contribution in [2.45, 2.75) is 0 Å². The average Bonchev–Trinajstić information content (AvgIpc) is 2.78. The van der Waals surface area contributed by atoms with Gasteiger partial charge in [0.2, 0.25) is 0 Å². The van der Waals surface area contributed by atoms with Crippen molar-refractivity contribution < 1.29 is 4.79 Å². The number of benzene rings is 2. The first kappa shape index (κ1) is 20.7. The summed E-state index contributed by atoms with van der Waals surface area (Å²) >= 11 is 0. The largest absolute Gasteiger partial charge is 0.399 e. The van der Waals surface area contributed by atoms with Gasteiger partial charge in [0.25, 0.3) is 0 Å². The Labute approximate surface area is 174 Å². The molecule has 4 rings (SSSR count). The van der Waals surface area contributed by atoms with E-state index < -0.39 is 0 Å². The van der Waals surface area contributed by atoms with Crippen LogP contribution in [-0.4, -0.2) is 37.1 Å². The molecule has 8 nitrogen and oxygen atoms in total. The van der Waals surface area contributed by atoms with Crippen LogP contribution in [0.2, 0.25) is 0 Å². The number of fused-ring (bicyclic) bond motifs is 2. The van der Waals surface area contributed by atoms with Gasteiger partial charge in [0.05, 0.1) is 11.0 Å². The fourth-order valence-electron chi connectivity index (χ4n) is 2.82. The number of aromatic nitrogens is 2. The minimum atomic E-state index is -0.232. The number of amides is 2. The Kier molecular flexibility index (Phi) is 6.49. The van der Waals surface area contributed by atoms with Crippen LogP contribution in [0, 0.1) is 0 Å². The number of hydrogen-bond donors (Lipinski definition) is 5. The molecule has 0 fully saturated rings. The van der Waals surface area contributed by atoms with Crippen LogP contribution in [0.1, 0.15) is 0 Å². The van der Waals surface area contributed by atoms with Crippen LogP contribution in [-0.2, 0) is 0 Å². The second kappa shape index (κ2) is 9.42. The number of nitrogens with one attached hydrogen (secondary N) is 4. The molecule has 2 amide bonds. The number of nitrogen functional groups attached to an aromatic ring is 1. The lowest BCUT2D eigenvalue weighted by molar-refractivity contribution is 0.254. The van der Waals surface area contributed by atoms with Gasteiger partial charge in [0.1, 0.15) is 11.6 Å². The van der Waals surface area contributed by atoms with Crippen LogP contribution in [0.4, 0.5) is 27.8 Å². The van der Waals surface area contributed by atoms with E-state index in [4.69, 9.17) is 5.73 Å². The smallest absolute Gasteiger partial charge is 0.318 e. The summed E-state index contributed by atoms with van der Waals surface area (Å²) in [4.78, 5) is 19.9. The van der Waals surface area contributed by atoms with Gasteiger partial charge in [0.15, 0.2) is 0 Å². The molecule has 6 N–H and O–H groups in total. The predicted molar refractivity (Wildman–Crippen MR) is 125 cm³/mol. The van der Waals surface area contributed by atoms with Crippen molar-refractivity contribution in [3.63, 3.8) is 0 Å². The summed E-state index contributed by atoms with van der Waals surface area (Å²) in [6.45, 7) is 0. The Morgan fingerprint density at radius 3 is 1.90 bits per heavy atom. The maximum absolute atomic E-state index is 11.2. The highest BCUT2D eigenvalue weighted by molar-refractivity contribution is 5.92. The molecular weight excluding hydrogens is 378 g/mol. The molecule has 0 aliphatic carbocycles. The summed E-state index contributed by atoms with van der Waals surface area (Å²) in [5.41, 5.74) is 9.01. The van der Waals surface area contributed by atoms with Crippen molar-refractivity contribution >= 4 is 50.8 Å². The molecule has 0 aliphatic rings. The van der Waals surface area contributed by atoms with Crippen LogP contribution in [0.25, 0.3) is 21.8 Å². The van der Waals surface area contributed by atoms with E-state index in [1.165, 1.54) is 0 Å². The van der Waals surface area contributed by atoms with Crippen molar-refractivity contribution in [2.75, 3.05) is 42.8 Å². The number of nitrogens with two attached hydrogens (primary N) is 1. The molecule has 2 aromatic heterocycles. The number of anilines is 4. The van der Waals surface area contributed by atoms with Crippen LogP contribution in [0.3, 0.4) is 0 Å². The molecule has 2 heterocycles. The molecule has 30 heavy (non-hydrogen) atoms. The van der Waals surface area contributed by atoms with Gasteiger partial charge in [-0.25, -0.2) is 14.8 Å². The zero-order chi connectivity index (χ0) is 21.5. The first-order valence-electron chi connectivity index (χ1n) is 9.43. The highest BCUT2D eigenvalue weighted by atomic mass is 16.2. The Balaban J connectivity index is 0.000000177. The van der Waals surface area contributed by atoms with E-state index in [1.54, 1.807) is 7.05 Å². The Hall–Kier alpha value is -4.07. The fraction of sp³-hybridized carbons (Fsp3) is 0.136. The molecule has 0 unspecified atom stereocenters.